The van der Waals surface area contributed by atoms with Crippen molar-refractivity contribution in [3.63, 3.8) is 0 Å². The Labute approximate surface area is 163 Å². The van der Waals surface area contributed by atoms with E-state index in [0.29, 0.717) is 11.5 Å². The van der Waals surface area contributed by atoms with E-state index in [4.69, 9.17) is 9.47 Å². The molecule has 0 aliphatic carbocycles. The molecule has 1 amide bonds. The van der Waals surface area contributed by atoms with E-state index in [1.807, 2.05) is 61.0 Å². The molecule has 1 heterocycles. The maximum Gasteiger partial charge on any atom is 0.277 e. The van der Waals surface area contributed by atoms with Crippen LogP contribution in [-0.2, 0) is 4.79 Å². The van der Waals surface area contributed by atoms with Crippen LogP contribution in [0.3, 0.4) is 0 Å². The fourth-order valence-corrected chi connectivity index (χ4v) is 2.74. The lowest BCUT2D eigenvalue weighted by molar-refractivity contribution is -0.123. The molecule has 0 atom stereocenters. The number of hydrogen-bond donors (Lipinski definition) is 1. The summed E-state index contributed by atoms with van der Waals surface area (Å²) in [5, 5.41) is 8.58. The van der Waals surface area contributed by atoms with E-state index in [0.717, 1.165) is 22.6 Å². The first-order valence-corrected chi connectivity index (χ1v) is 8.79. The van der Waals surface area contributed by atoms with E-state index < -0.39 is 0 Å². The molecule has 1 N–H and O–H groups in total. The third-order valence-corrected chi connectivity index (χ3v) is 4.16. The number of methoxy groups -OCH3 is 1. The van der Waals surface area contributed by atoms with Crippen molar-refractivity contribution in [2.45, 2.75) is 13.8 Å². The van der Waals surface area contributed by atoms with Gasteiger partial charge < -0.3 is 9.47 Å². The van der Waals surface area contributed by atoms with Crippen molar-refractivity contribution in [2.75, 3.05) is 13.7 Å². The molecule has 0 aliphatic rings. The molecule has 0 unspecified atom stereocenters. The summed E-state index contributed by atoms with van der Waals surface area (Å²) in [6, 6.07) is 17.0. The van der Waals surface area contributed by atoms with Crippen LogP contribution in [0.4, 0.5) is 0 Å². The number of carbonyl (C=O) groups is 1. The maximum absolute atomic E-state index is 12.0. The second-order valence-corrected chi connectivity index (χ2v) is 6.06. The molecule has 3 aromatic rings. The van der Waals surface area contributed by atoms with Crippen LogP contribution in [0.15, 0.2) is 59.7 Å². The van der Waals surface area contributed by atoms with Crippen LogP contribution in [-0.4, -0.2) is 35.6 Å². The summed E-state index contributed by atoms with van der Waals surface area (Å²) in [5.74, 6) is 0.700. The summed E-state index contributed by atoms with van der Waals surface area (Å²) in [5.41, 5.74) is 6.06. The van der Waals surface area contributed by atoms with E-state index >= 15 is 0 Å². The second kappa shape index (κ2) is 8.85. The number of para-hydroxylation sites is 3. The molecule has 7 nitrogen and oxygen atoms in total. The molecule has 0 fully saturated rings. The number of hydrazone groups is 1. The average molecular weight is 378 g/mol. The predicted octanol–water partition coefficient (Wildman–Crippen LogP) is 3.03. The Kier molecular flexibility index (Phi) is 6.06. The molecule has 144 valence electrons. The fourth-order valence-electron chi connectivity index (χ4n) is 2.74. The highest BCUT2D eigenvalue weighted by Crippen LogP contribution is 2.25. The Morgan fingerprint density at radius 3 is 2.50 bits per heavy atom. The topological polar surface area (TPSA) is 77.7 Å². The molecule has 7 heteroatoms. The molecule has 0 spiro atoms. The molecule has 28 heavy (non-hydrogen) atoms. The van der Waals surface area contributed by atoms with Gasteiger partial charge in [0.25, 0.3) is 5.91 Å². The van der Waals surface area contributed by atoms with Gasteiger partial charge in [0.2, 0.25) is 0 Å². The van der Waals surface area contributed by atoms with Gasteiger partial charge in [0.1, 0.15) is 0 Å². The highest BCUT2D eigenvalue weighted by atomic mass is 16.5. The van der Waals surface area contributed by atoms with E-state index in [1.165, 1.54) is 0 Å². The van der Waals surface area contributed by atoms with Crippen molar-refractivity contribution in [2.24, 2.45) is 5.10 Å². The normalized spacial score (nSPS) is 10.8. The van der Waals surface area contributed by atoms with Crippen molar-refractivity contribution >= 4 is 12.1 Å². The van der Waals surface area contributed by atoms with Gasteiger partial charge in [-0.2, -0.15) is 10.2 Å². The van der Waals surface area contributed by atoms with Crippen LogP contribution in [0.2, 0.25) is 0 Å². The number of hydrogen-bond acceptors (Lipinski definition) is 5. The minimum absolute atomic E-state index is 0.168. The van der Waals surface area contributed by atoms with Crippen LogP contribution < -0.4 is 14.9 Å². The van der Waals surface area contributed by atoms with Crippen molar-refractivity contribution in [3.05, 3.63) is 71.5 Å². The molecule has 0 radical (unpaired) electrons. The zero-order valence-electron chi connectivity index (χ0n) is 16.0. The Bertz CT molecular complexity index is 981. The largest absolute Gasteiger partial charge is 0.493 e. The van der Waals surface area contributed by atoms with Crippen LogP contribution in [0.25, 0.3) is 5.69 Å². The predicted molar refractivity (Wildman–Crippen MR) is 107 cm³/mol. The molecule has 0 aliphatic heterocycles. The van der Waals surface area contributed by atoms with Crippen LogP contribution in [0.5, 0.6) is 11.5 Å². The van der Waals surface area contributed by atoms with Gasteiger partial charge >= 0.3 is 0 Å². The summed E-state index contributed by atoms with van der Waals surface area (Å²) in [6.07, 6.45) is 1.60. The number of nitrogens with one attached hydrogen (secondary N) is 1. The Morgan fingerprint density at radius 1 is 1.11 bits per heavy atom. The molecule has 0 saturated heterocycles. The number of rotatable bonds is 7. The second-order valence-electron chi connectivity index (χ2n) is 6.06. The van der Waals surface area contributed by atoms with Crippen molar-refractivity contribution < 1.29 is 14.3 Å². The first-order chi connectivity index (χ1) is 13.6. The van der Waals surface area contributed by atoms with Crippen LogP contribution in [0.1, 0.15) is 17.0 Å². The maximum atomic E-state index is 12.0. The molecule has 0 saturated carbocycles. The number of carbonyl (C=O) groups excluding carboxylic acids is 1. The fraction of sp³-hybridized carbons (Fsp3) is 0.190. The highest BCUT2D eigenvalue weighted by molar-refractivity contribution is 5.85. The minimum Gasteiger partial charge on any atom is -0.493 e. The smallest absolute Gasteiger partial charge is 0.277 e. The third kappa shape index (κ3) is 4.37. The van der Waals surface area contributed by atoms with Gasteiger partial charge in [-0.25, -0.2) is 10.1 Å². The van der Waals surface area contributed by atoms with Gasteiger partial charge in [0, 0.05) is 5.56 Å². The lowest BCUT2D eigenvalue weighted by Crippen LogP contribution is -2.24. The van der Waals surface area contributed by atoms with Gasteiger partial charge in [0.05, 0.1) is 30.4 Å². The third-order valence-electron chi connectivity index (χ3n) is 4.16. The molecule has 2 aromatic carbocycles. The summed E-state index contributed by atoms with van der Waals surface area (Å²) < 4.78 is 12.5. The van der Waals surface area contributed by atoms with Gasteiger partial charge in [-0.3, -0.25) is 4.79 Å². The first-order valence-electron chi connectivity index (χ1n) is 8.79. The summed E-state index contributed by atoms with van der Waals surface area (Å²) in [4.78, 5) is 12.0. The van der Waals surface area contributed by atoms with Crippen molar-refractivity contribution in [1.82, 2.24) is 15.2 Å². The quantitative estimate of drug-likeness (QED) is 0.506. The molecular formula is C21H22N4O3. The number of aromatic nitrogens is 2. The van der Waals surface area contributed by atoms with Gasteiger partial charge in [-0.05, 0) is 38.1 Å². The first kappa shape index (κ1) is 19.2. The van der Waals surface area contributed by atoms with E-state index in [9.17, 15) is 4.79 Å². The Hall–Kier alpha value is -3.61. The SMILES string of the molecule is COc1ccccc1OCC(=O)N/N=C\c1c(C)nn(-c2ccccc2)c1C. The summed E-state index contributed by atoms with van der Waals surface area (Å²) >= 11 is 0. The molecular weight excluding hydrogens is 356 g/mol. The number of benzene rings is 2. The summed E-state index contributed by atoms with van der Waals surface area (Å²) in [6.45, 7) is 3.69. The zero-order chi connectivity index (χ0) is 19.9. The Balaban J connectivity index is 1.62. The van der Waals surface area contributed by atoms with Crippen molar-refractivity contribution in [3.8, 4) is 17.2 Å². The number of ether oxygens (including phenoxy) is 2. The Morgan fingerprint density at radius 2 is 1.79 bits per heavy atom. The lowest BCUT2D eigenvalue weighted by Gasteiger charge is -2.09. The lowest BCUT2D eigenvalue weighted by atomic mass is 10.2. The van der Waals surface area contributed by atoms with E-state index in [1.54, 1.807) is 25.5 Å². The van der Waals surface area contributed by atoms with Crippen molar-refractivity contribution in [1.29, 1.82) is 0 Å². The molecule has 3 rings (SSSR count). The van der Waals surface area contributed by atoms with Gasteiger partial charge in [-0.15, -0.1) is 0 Å². The number of amides is 1. The van der Waals surface area contributed by atoms with Crippen LogP contribution in [0, 0.1) is 13.8 Å². The van der Waals surface area contributed by atoms with Gasteiger partial charge in [0.15, 0.2) is 18.1 Å². The van der Waals surface area contributed by atoms with Gasteiger partial charge in [-0.1, -0.05) is 30.3 Å². The monoisotopic (exact) mass is 378 g/mol. The van der Waals surface area contributed by atoms with E-state index in [2.05, 4.69) is 15.6 Å². The molecule has 1 aromatic heterocycles. The summed E-state index contributed by atoms with van der Waals surface area (Å²) in [7, 11) is 1.55. The molecule has 0 bridgehead atoms. The standard InChI is InChI=1S/C21H22N4O3/c1-15-18(16(2)25(24-15)17-9-5-4-6-10-17)13-22-23-21(26)14-28-20-12-8-7-11-19(20)27-3/h4-13H,14H2,1-3H3,(H,23,26)/b22-13-. The minimum atomic E-state index is -0.368. The zero-order valence-corrected chi connectivity index (χ0v) is 16.0. The van der Waals surface area contributed by atoms with E-state index in [-0.39, 0.29) is 12.5 Å². The van der Waals surface area contributed by atoms with Crippen LogP contribution >= 0.6 is 0 Å². The number of aryl methyl sites for hydroxylation is 1. The average Bonchev–Trinajstić information content (AvgIpc) is 3.01. The highest BCUT2D eigenvalue weighted by Gasteiger charge is 2.11. The number of nitrogens with zero attached hydrogens (tertiary/aromatic N) is 3.